The van der Waals surface area contributed by atoms with Crippen molar-refractivity contribution in [2.24, 2.45) is 10.9 Å². The maximum atomic E-state index is 5.71. The van der Waals surface area contributed by atoms with Crippen molar-refractivity contribution in [2.75, 3.05) is 6.61 Å². The van der Waals surface area contributed by atoms with Crippen LogP contribution in [0, 0.1) is 5.92 Å². The second-order valence-electron chi connectivity index (χ2n) is 5.41. The molecule has 0 aromatic heterocycles. The Bertz CT molecular complexity index is 514. The maximum Gasteiger partial charge on any atom is 0.188 e. The standard InChI is InChI=1S/C16H19NO/c1-11(2)15-10-18-16(17-15)9-13-8-7-12-5-3-4-6-14(12)13/h3-6,8,11,15H,7,9-10H2,1-2H3/t15-/m1/s1. The SMILES string of the molecule is CC(C)[C@H]1COC(CC2=CCc3ccccc32)=N1. The highest BCUT2D eigenvalue weighted by Crippen LogP contribution is 2.31. The Kier molecular flexibility index (Phi) is 2.94. The number of rotatable bonds is 3. The average Bonchev–Trinajstić information content (AvgIpc) is 2.98. The normalized spacial score (nSPS) is 21.6. The molecule has 0 fully saturated rings. The van der Waals surface area contributed by atoms with Gasteiger partial charge in [-0.05, 0) is 29.0 Å². The summed E-state index contributed by atoms with van der Waals surface area (Å²) in [6.07, 6.45) is 4.20. The van der Waals surface area contributed by atoms with Crippen LogP contribution in [0.3, 0.4) is 0 Å². The van der Waals surface area contributed by atoms with Gasteiger partial charge in [-0.1, -0.05) is 44.2 Å². The molecule has 0 bridgehead atoms. The van der Waals surface area contributed by atoms with E-state index in [2.05, 4.69) is 49.2 Å². The monoisotopic (exact) mass is 241 g/mol. The third-order valence-electron chi connectivity index (χ3n) is 3.77. The van der Waals surface area contributed by atoms with Crippen molar-refractivity contribution < 1.29 is 4.74 Å². The lowest BCUT2D eigenvalue weighted by molar-refractivity contribution is 0.288. The molecule has 0 spiro atoms. The van der Waals surface area contributed by atoms with E-state index in [1.165, 1.54) is 16.7 Å². The molecule has 94 valence electrons. The summed E-state index contributed by atoms with van der Waals surface area (Å²) in [6.45, 7) is 5.15. The van der Waals surface area contributed by atoms with Crippen LogP contribution < -0.4 is 0 Å². The zero-order chi connectivity index (χ0) is 12.5. The summed E-state index contributed by atoms with van der Waals surface area (Å²) in [4.78, 5) is 4.68. The highest BCUT2D eigenvalue weighted by molar-refractivity contribution is 5.91. The van der Waals surface area contributed by atoms with Crippen LogP contribution in [-0.4, -0.2) is 18.5 Å². The zero-order valence-corrected chi connectivity index (χ0v) is 11.0. The molecule has 0 unspecified atom stereocenters. The molecule has 0 radical (unpaired) electrons. The number of fused-ring (bicyclic) bond motifs is 1. The van der Waals surface area contributed by atoms with Gasteiger partial charge in [-0.3, -0.25) is 0 Å². The fourth-order valence-electron chi connectivity index (χ4n) is 2.56. The Morgan fingerprint density at radius 3 is 2.94 bits per heavy atom. The molecule has 0 saturated carbocycles. The third-order valence-corrected chi connectivity index (χ3v) is 3.77. The fourth-order valence-corrected chi connectivity index (χ4v) is 2.56. The van der Waals surface area contributed by atoms with Gasteiger partial charge in [0, 0.05) is 6.42 Å². The van der Waals surface area contributed by atoms with E-state index in [4.69, 9.17) is 4.74 Å². The van der Waals surface area contributed by atoms with Crippen LogP contribution >= 0.6 is 0 Å². The van der Waals surface area contributed by atoms with Crippen molar-refractivity contribution in [3.05, 3.63) is 41.5 Å². The lowest BCUT2D eigenvalue weighted by Crippen LogP contribution is -2.13. The number of hydrogen-bond acceptors (Lipinski definition) is 2. The molecule has 3 rings (SSSR count). The molecular weight excluding hydrogens is 222 g/mol. The predicted octanol–water partition coefficient (Wildman–Crippen LogP) is 3.47. The first-order valence-electron chi connectivity index (χ1n) is 6.71. The molecule has 1 aliphatic carbocycles. The topological polar surface area (TPSA) is 21.6 Å². The van der Waals surface area contributed by atoms with Crippen LogP contribution in [0.15, 0.2) is 35.3 Å². The number of nitrogens with zero attached hydrogens (tertiary/aromatic N) is 1. The van der Waals surface area contributed by atoms with Crippen molar-refractivity contribution >= 4 is 11.5 Å². The highest BCUT2D eigenvalue weighted by atomic mass is 16.5. The van der Waals surface area contributed by atoms with E-state index in [0.717, 1.165) is 25.3 Å². The Morgan fingerprint density at radius 2 is 2.17 bits per heavy atom. The quantitative estimate of drug-likeness (QED) is 0.794. The molecule has 1 aromatic carbocycles. The van der Waals surface area contributed by atoms with Crippen molar-refractivity contribution in [3.63, 3.8) is 0 Å². The van der Waals surface area contributed by atoms with Crippen LogP contribution in [0.5, 0.6) is 0 Å². The second-order valence-corrected chi connectivity index (χ2v) is 5.41. The molecule has 0 amide bonds. The van der Waals surface area contributed by atoms with E-state index in [0.29, 0.717) is 12.0 Å². The molecule has 1 atom stereocenters. The first kappa shape index (κ1) is 11.5. The molecule has 2 heteroatoms. The van der Waals surface area contributed by atoms with Gasteiger partial charge in [0.2, 0.25) is 0 Å². The van der Waals surface area contributed by atoms with Gasteiger partial charge >= 0.3 is 0 Å². The van der Waals surface area contributed by atoms with Crippen molar-refractivity contribution in [2.45, 2.75) is 32.7 Å². The minimum atomic E-state index is 0.345. The lowest BCUT2D eigenvalue weighted by Gasteiger charge is -2.06. The molecule has 1 aromatic rings. The Balaban J connectivity index is 1.74. The first-order valence-corrected chi connectivity index (χ1v) is 6.71. The number of benzene rings is 1. The van der Waals surface area contributed by atoms with Crippen molar-refractivity contribution in [1.29, 1.82) is 0 Å². The number of aliphatic imine (C=N–C) groups is 1. The second kappa shape index (κ2) is 4.60. The van der Waals surface area contributed by atoms with Crippen molar-refractivity contribution in [1.82, 2.24) is 0 Å². The number of ether oxygens (including phenoxy) is 1. The summed E-state index contributed by atoms with van der Waals surface area (Å²) in [7, 11) is 0. The Morgan fingerprint density at radius 1 is 1.33 bits per heavy atom. The lowest BCUT2D eigenvalue weighted by atomic mass is 10.0. The van der Waals surface area contributed by atoms with Gasteiger partial charge in [-0.25, -0.2) is 4.99 Å². The van der Waals surface area contributed by atoms with Crippen LogP contribution in [0.25, 0.3) is 5.57 Å². The molecule has 1 heterocycles. The van der Waals surface area contributed by atoms with E-state index in [-0.39, 0.29) is 0 Å². The summed E-state index contributed by atoms with van der Waals surface area (Å²) in [5.41, 5.74) is 4.16. The van der Waals surface area contributed by atoms with Gasteiger partial charge in [0.05, 0.1) is 6.04 Å². The fraction of sp³-hybridized carbons (Fsp3) is 0.438. The van der Waals surface area contributed by atoms with E-state index in [1.54, 1.807) is 0 Å². The molecule has 0 saturated heterocycles. The molecule has 1 aliphatic heterocycles. The minimum Gasteiger partial charge on any atom is -0.478 e. The van der Waals surface area contributed by atoms with Gasteiger partial charge in [0.15, 0.2) is 5.90 Å². The van der Waals surface area contributed by atoms with E-state index >= 15 is 0 Å². The third kappa shape index (κ3) is 2.07. The summed E-state index contributed by atoms with van der Waals surface area (Å²) in [6, 6.07) is 8.95. The van der Waals surface area contributed by atoms with Crippen molar-refractivity contribution in [3.8, 4) is 0 Å². The summed E-state index contributed by atoms with van der Waals surface area (Å²) in [5.74, 6) is 1.48. The molecule has 0 N–H and O–H groups in total. The Labute approximate surface area is 108 Å². The highest BCUT2D eigenvalue weighted by Gasteiger charge is 2.23. The van der Waals surface area contributed by atoms with Crippen LogP contribution in [0.2, 0.25) is 0 Å². The summed E-state index contributed by atoms with van der Waals surface area (Å²) < 4.78 is 5.71. The summed E-state index contributed by atoms with van der Waals surface area (Å²) >= 11 is 0. The van der Waals surface area contributed by atoms with Gasteiger partial charge in [-0.2, -0.15) is 0 Å². The largest absolute Gasteiger partial charge is 0.478 e. The molecule has 18 heavy (non-hydrogen) atoms. The number of allylic oxidation sites excluding steroid dienone is 1. The van der Waals surface area contributed by atoms with Gasteiger partial charge in [0.25, 0.3) is 0 Å². The summed E-state index contributed by atoms with van der Waals surface area (Å²) in [5, 5.41) is 0. The minimum absolute atomic E-state index is 0.345. The Hall–Kier alpha value is -1.57. The van der Waals surface area contributed by atoms with Crippen LogP contribution in [-0.2, 0) is 11.2 Å². The predicted molar refractivity (Wildman–Crippen MR) is 74.8 cm³/mol. The molecule has 2 aliphatic rings. The smallest absolute Gasteiger partial charge is 0.188 e. The van der Waals surface area contributed by atoms with Crippen LogP contribution in [0.1, 0.15) is 31.4 Å². The van der Waals surface area contributed by atoms with E-state index in [9.17, 15) is 0 Å². The van der Waals surface area contributed by atoms with Gasteiger partial charge in [0.1, 0.15) is 6.61 Å². The van der Waals surface area contributed by atoms with E-state index in [1.807, 2.05) is 0 Å². The molecule has 2 nitrogen and oxygen atoms in total. The van der Waals surface area contributed by atoms with Gasteiger partial charge < -0.3 is 4.74 Å². The number of hydrogen-bond donors (Lipinski definition) is 0. The zero-order valence-electron chi connectivity index (χ0n) is 11.0. The first-order chi connectivity index (χ1) is 8.74. The molecular formula is C16H19NO. The van der Waals surface area contributed by atoms with Crippen LogP contribution in [0.4, 0.5) is 0 Å². The maximum absolute atomic E-state index is 5.71. The van der Waals surface area contributed by atoms with E-state index < -0.39 is 0 Å². The van der Waals surface area contributed by atoms with Gasteiger partial charge in [-0.15, -0.1) is 0 Å². The average molecular weight is 241 g/mol.